The fourth-order valence-electron chi connectivity index (χ4n) is 3.52. The summed E-state index contributed by atoms with van der Waals surface area (Å²) >= 11 is 0. The molecule has 0 saturated carbocycles. The fourth-order valence-corrected chi connectivity index (χ4v) is 3.52. The highest BCUT2D eigenvalue weighted by atomic mass is 16.5. The molecular weight excluding hydrogens is 298 g/mol. The Labute approximate surface area is 131 Å². The van der Waals surface area contributed by atoms with Gasteiger partial charge in [-0.1, -0.05) is 24.3 Å². The van der Waals surface area contributed by atoms with Crippen molar-refractivity contribution in [2.45, 2.75) is 12.3 Å². The van der Waals surface area contributed by atoms with Crippen LogP contribution in [0.25, 0.3) is 11.3 Å². The Morgan fingerprint density at radius 2 is 2.13 bits per heavy atom. The van der Waals surface area contributed by atoms with Gasteiger partial charge in [0, 0.05) is 11.3 Å². The van der Waals surface area contributed by atoms with Gasteiger partial charge in [0.25, 0.3) is 6.01 Å². The number of methoxy groups -OCH3 is 1. The number of nitrogens with one attached hydrogen (secondary N) is 1. The van der Waals surface area contributed by atoms with E-state index in [0.717, 1.165) is 0 Å². The summed E-state index contributed by atoms with van der Waals surface area (Å²) < 4.78 is 10.4. The van der Waals surface area contributed by atoms with Crippen molar-refractivity contribution in [3.63, 3.8) is 0 Å². The molecule has 7 nitrogen and oxygen atoms in total. The Hall–Kier alpha value is -3.09. The maximum Gasteiger partial charge on any atom is 0.337 e. The molecule has 23 heavy (non-hydrogen) atoms. The molecule has 0 saturated heterocycles. The summed E-state index contributed by atoms with van der Waals surface area (Å²) in [7, 11) is 1.28. The van der Waals surface area contributed by atoms with Crippen LogP contribution in [0.4, 0.5) is 6.01 Å². The summed E-state index contributed by atoms with van der Waals surface area (Å²) in [4.78, 5) is 29.5. The van der Waals surface area contributed by atoms with E-state index in [2.05, 4.69) is 10.3 Å². The van der Waals surface area contributed by atoms with Gasteiger partial charge in [0.05, 0.1) is 12.7 Å². The maximum absolute atomic E-state index is 12.9. The number of nitrogens with two attached hydrogens (primary N) is 1. The molecule has 0 radical (unpaired) electrons. The number of benzene rings is 1. The van der Waals surface area contributed by atoms with E-state index < -0.39 is 11.4 Å². The molecule has 1 aromatic heterocycles. The molecule has 116 valence electrons. The summed E-state index contributed by atoms with van der Waals surface area (Å²) in [6, 6.07) is 7.16. The van der Waals surface area contributed by atoms with Crippen LogP contribution >= 0.6 is 0 Å². The Morgan fingerprint density at radius 3 is 2.87 bits per heavy atom. The maximum atomic E-state index is 12.9. The number of esters is 1. The molecule has 1 atom stereocenters. The highest BCUT2D eigenvalue weighted by Gasteiger charge is 2.61. The van der Waals surface area contributed by atoms with Gasteiger partial charge < -0.3 is 20.2 Å². The van der Waals surface area contributed by atoms with Crippen LogP contribution in [0.5, 0.6) is 0 Å². The second kappa shape index (κ2) is 4.22. The molecule has 1 amide bonds. The number of hydrogen-bond acceptors (Lipinski definition) is 6. The van der Waals surface area contributed by atoms with E-state index in [-0.39, 0.29) is 17.5 Å². The molecule has 0 unspecified atom stereocenters. The summed E-state index contributed by atoms with van der Waals surface area (Å²) in [5.41, 5.74) is 6.61. The van der Waals surface area contributed by atoms with Crippen LogP contribution in [0.3, 0.4) is 0 Å². The molecule has 0 fully saturated rings. The first-order valence-corrected chi connectivity index (χ1v) is 6.99. The number of nitrogen functional groups attached to an aromatic ring is 1. The molecule has 2 aliphatic rings. The van der Waals surface area contributed by atoms with E-state index in [4.69, 9.17) is 14.9 Å². The minimum atomic E-state index is -1.38. The monoisotopic (exact) mass is 311 g/mol. The SMILES string of the molecule is COC(=O)C1=C(C)NC(=O)[C@]12c1ccccc1-c1oc(N)nc12. The number of carbonyl (C=O) groups is 2. The van der Waals surface area contributed by atoms with Gasteiger partial charge in [0.2, 0.25) is 5.91 Å². The average molecular weight is 311 g/mol. The van der Waals surface area contributed by atoms with Crippen LogP contribution < -0.4 is 11.1 Å². The minimum Gasteiger partial charge on any atom is -0.466 e. The molecule has 0 bridgehead atoms. The molecule has 2 aromatic rings. The number of aromatic nitrogens is 1. The van der Waals surface area contributed by atoms with Gasteiger partial charge in [-0.25, -0.2) is 4.79 Å². The number of fused-ring (bicyclic) bond motifs is 5. The van der Waals surface area contributed by atoms with Gasteiger partial charge in [-0.3, -0.25) is 4.79 Å². The van der Waals surface area contributed by atoms with Gasteiger partial charge in [-0.05, 0) is 12.5 Å². The number of allylic oxidation sites excluding steroid dienone is 1. The van der Waals surface area contributed by atoms with Crippen molar-refractivity contribution in [1.29, 1.82) is 0 Å². The number of nitrogens with zero attached hydrogens (tertiary/aromatic N) is 1. The van der Waals surface area contributed by atoms with E-state index in [9.17, 15) is 9.59 Å². The van der Waals surface area contributed by atoms with Crippen LogP contribution in [0.1, 0.15) is 18.2 Å². The normalized spacial score (nSPS) is 21.4. The Morgan fingerprint density at radius 1 is 1.39 bits per heavy atom. The number of anilines is 1. The third-order valence-corrected chi connectivity index (χ3v) is 4.36. The molecule has 3 N–H and O–H groups in total. The second-order valence-corrected chi connectivity index (χ2v) is 5.47. The van der Waals surface area contributed by atoms with Gasteiger partial charge in [-0.15, -0.1) is 0 Å². The summed E-state index contributed by atoms with van der Waals surface area (Å²) in [5, 5.41) is 2.72. The predicted molar refractivity (Wildman–Crippen MR) is 80.0 cm³/mol. The Bertz CT molecular complexity index is 912. The molecule has 1 aliphatic carbocycles. The predicted octanol–water partition coefficient (Wildman–Crippen LogP) is 1.10. The van der Waals surface area contributed by atoms with Crippen LogP contribution in [0.2, 0.25) is 0 Å². The smallest absolute Gasteiger partial charge is 0.337 e. The molecular formula is C16H13N3O4. The van der Waals surface area contributed by atoms with Crippen molar-refractivity contribution in [3.05, 3.63) is 46.8 Å². The lowest BCUT2D eigenvalue weighted by molar-refractivity contribution is -0.137. The van der Waals surface area contributed by atoms with E-state index in [1.54, 1.807) is 19.1 Å². The van der Waals surface area contributed by atoms with E-state index >= 15 is 0 Å². The topological polar surface area (TPSA) is 107 Å². The van der Waals surface area contributed by atoms with Gasteiger partial charge in [0.1, 0.15) is 5.69 Å². The number of ether oxygens (including phenoxy) is 1. The lowest BCUT2D eigenvalue weighted by Gasteiger charge is -2.23. The third-order valence-electron chi connectivity index (χ3n) is 4.36. The summed E-state index contributed by atoms with van der Waals surface area (Å²) in [6.07, 6.45) is 0. The molecule has 1 aliphatic heterocycles. The number of hydrogen-bond donors (Lipinski definition) is 2. The minimum absolute atomic E-state index is 0.0505. The van der Waals surface area contributed by atoms with Crippen molar-refractivity contribution >= 4 is 17.9 Å². The standard InChI is InChI=1S/C16H13N3O4/c1-7-10(13(20)22-2)16(14(21)18-7)9-6-4-3-5-8(9)11-12(16)19-15(17)23-11/h3-6H,1-2H3,(H2,17,19)(H,18,21)/t16-/m1/s1. The second-order valence-electron chi connectivity index (χ2n) is 5.47. The number of oxazole rings is 1. The van der Waals surface area contributed by atoms with Crippen LogP contribution in [-0.4, -0.2) is 24.0 Å². The van der Waals surface area contributed by atoms with Crippen LogP contribution in [-0.2, 0) is 19.7 Å². The lowest BCUT2D eigenvalue weighted by atomic mass is 9.75. The van der Waals surface area contributed by atoms with E-state index in [0.29, 0.717) is 28.3 Å². The quantitative estimate of drug-likeness (QED) is 0.764. The zero-order chi connectivity index (χ0) is 16.4. The van der Waals surface area contributed by atoms with E-state index in [1.807, 2.05) is 12.1 Å². The number of rotatable bonds is 1. The zero-order valence-corrected chi connectivity index (χ0v) is 12.5. The first kappa shape index (κ1) is 13.6. The van der Waals surface area contributed by atoms with Gasteiger partial charge in [0.15, 0.2) is 11.2 Å². The van der Waals surface area contributed by atoms with Gasteiger partial charge >= 0.3 is 5.97 Å². The molecule has 1 spiro atoms. The van der Waals surface area contributed by atoms with Crippen molar-refractivity contribution in [2.75, 3.05) is 12.8 Å². The van der Waals surface area contributed by atoms with Crippen molar-refractivity contribution in [1.82, 2.24) is 10.3 Å². The fraction of sp³-hybridized carbons (Fsp3) is 0.188. The van der Waals surface area contributed by atoms with Crippen molar-refractivity contribution in [2.24, 2.45) is 0 Å². The Balaban J connectivity index is 2.14. The highest BCUT2D eigenvalue weighted by Crippen LogP contribution is 2.55. The van der Waals surface area contributed by atoms with Gasteiger partial charge in [-0.2, -0.15) is 4.98 Å². The highest BCUT2D eigenvalue weighted by molar-refractivity contribution is 6.14. The Kier molecular flexibility index (Phi) is 2.49. The van der Waals surface area contributed by atoms with E-state index in [1.165, 1.54) is 7.11 Å². The zero-order valence-electron chi connectivity index (χ0n) is 12.5. The molecule has 7 heteroatoms. The van der Waals surface area contributed by atoms with Crippen LogP contribution in [0.15, 0.2) is 40.0 Å². The number of amides is 1. The average Bonchev–Trinajstić information content (AvgIpc) is 3.12. The first-order chi connectivity index (χ1) is 11.0. The lowest BCUT2D eigenvalue weighted by Crippen LogP contribution is -2.40. The van der Waals surface area contributed by atoms with Crippen molar-refractivity contribution in [3.8, 4) is 11.3 Å². The number of carbonyl (C=O) groups excluding carboxylic acids is 2. The summed E-state index contributed by atoms with van der Waals surface area (Å²) in [6.45, 7) is 1.66. The summed E-state index contributed by atoms with van der Waals surface area (Å²) in [5.74, 6) is -0.552. The third kappa shape index (κ3) is 1.41. The molecule has 1 aromatic carbocycles. The van der Waals surface area contributed by atoms with Crippen LogP contribution in [0, 0.1) is 0 Å². The first-order valence-electron chi connectivity index (χ1n) is 6.99. The molecule has 2 heterocycles. The largest absolute Gasteiger partial charge is 0.466 e. The van der Waals surface area contributed by atoms with Crippen molar-refractivity contribution < 1.29 is 18.7 Å². The molecule has 4 rings (SSSR count).